The van der Waals surface area contributed by atoms with E-state index >= 15 is 0 Å². The molecule has 0 heterocycles. The Bertz CT molecular complexity index is 1440. The first-order valence-corrected chi connectivity index (χ1v) is 13.5. The molecule has 214 valence electrons. The highest BCUT2D eigenvalue weighted by molar-refractivity contribution is 6.24. The SMILES string of the molecule is CC(=O)CCC(=O)Cc1ccc2c(c1O)C(O)=C1C(=O)[C@@]3(O)C(O)=C(C(C)=O)C(=O)C(C(C)C)[C@@]3(C)C[C@@]1(C)C2. The van der Waals surface area contributed by atoms with Gasteiger partial charge in [-0.15, -0.1) is 0 Å². The third-order valence-corrected chi connectivity index (χ3v) is 9.10. The van der Waals surface area contributed by atoms with Crippen LogP contribution in [0, 0.1) is 22.7 Å². The predicted octanol–water partition coefficient (Wildman–Crippen LogP) is 3.67. The second-order valence-corrected chi connectivity index (χ2v) is 12.5. The average molecular weight is 553 g/mol. The standard InChI is InChI=1S/C31H36O9/c1-14(2)22-25(36)20(16(4)33)27(38)31(40)28(39)23-26(37)21-18(12-29(23,5)13-30(22,31)6)9-8-17(24(21)35)11-19(34)10-7-15(3)32/h8-9,14,22,35,37-38,40H,7,10-13H2,1-6H3/t22?,29-,30-,31+/m1/s1. The summed E-state index contributed by atoms with van der Waals surface area (Å²) in [5.74, 6) is -6.25. The first kappa shape index (κ1) is 29.4. The summed E-state index contributed by atoms with van der Waals surface area (Å²) >= 11 is 0. The van der Waals surface area contributed by atoms with Crippen molar-refractivity contribution in [2.24, 2.45) is 22.7 Å². The molecule has 3 aliphatic rings. The Morgan fingerprint density at radius 1 is 1.02 bits per heavy atom. The minimum atomic E-state index is -2.67. The number of aliphatic hydroxyl groups excluding tert-OH is 2. The van der Waals surface area contributed by atoms with E-state index in [1.165, 1.54) is 6.92 Å². The van der Waals surface area contributed by atoms with Crippen molar-refractivity contribution < 1.29 is 44.4 Å². The molecule has 1 saturated carbocycles. The lowest BCUT2D eigenvalue weighted by molar-refractivity contribution is -0.178. The van der Waals surface area contributed by atoms with Gasteiger partial charge in [-0.25, -0.2) is 0 Å². The number of Topliss-reactive ketones (excluding diaryl/α,β-unsaturated/α-hetero) is 5. The van der Waals surface area contributed by atoms with Gasteiger partial charge in [0.2, 0.25) is 5.78 Å². The van der Waals surface area contributed by atoms with Gasteiger partial charge in [-0.1, -0.05) is 39.8 Å². The predicted molar refractivity (Wildman–Crippen MR) is 144 cm³/mol. The summed E-state index contributed by atoms with van der Waals surface area (Å²) in [6.45, 7) is 9.24. The lowest BCUT2D eigenvalue weighted by atomic mass is 9.43. The van der Waals surface area contributed by atoms with Gasteiger partial charge < -0.3 is 25.2 Å². The zero-order chi connectivity index (χ0) is 30.1. The van der Waals surface area contributed by atoms with Crippen LogP contribution < -0.4 is 0 Å². The number of benzene rings is 1. The Kier molecular flexibility index (Phi) is 6.99. The van der Waals surface area contributed by atoms with Gasteiger partial charge in [0.05, 0.1) is 5.56 Å². The molecule has 1 fully saturated rings. The van der Waals surface area contributed by atoms with E-state index in [2.05, 4.69) is 0 Å². The highest BCUT2D eigenvalue weighted by atomic mass is 16.3. The summed E-state index contributed by atoms with van der Waals surface area (Å²) in [5.41, 5.74) is -5.46. The fourth-order valence-corrected chi connectivity index (χ4v) is 7.51. The van der Waals surface area contributed by atoms with E-state index in [-0.39, 0.29) is 60.4 Å². The van der Waals surface area contributed by atoms with Gasteiger partial charge in [-0.05, 0) is 38.2 Å². The third kappa shape index (κ3) is 3.97. The smallest absolute Gasteiger partial charge is 0.203 e. The van der Waals surface area contributed by atoms with E-state index in [0.717, 1.165) is 6.92 Å². The summed E-state index contributed by atoms with van der Waals surface area (Å²) in [5, 5.41) is 45.9. The number of rotatable bonds is 7. The van der Waals surface area contributed by atoms with Crippen molar-refractivity contribution in [3.8, 4) is 5.75 Å². The zero-order valence-corrected chi connectivity index (χ0v) is 23.7. The van der Waals surface area contributed by atoms with Crippen molar-refractivity contribution in [3.05, 3.63) is 45.7 Å². The van der Waals surface area contributed by atoms with Gasteiger partial charge in [-0.3, -0.25) is 19.2 Å². The molecule has 9 nitrogen and oxygen atoms in total. The molecule has 9 heteroatoms. The van der Waals surface area contributed by atoms with Gasteiger partial charge in [0.1, 0.15) is 34.4 Å². The number of aliphatic hydroxyl groups is 3. The van der Waals surface area contributed by atoms with Crippen molar-refractivity contribution in [2.45, 2.75) is 79.2 Å². The lowest BCUT2D eigenvalue weighted by Crippen LogP contribution is -2.69. The number of ketones is 5. The number of hydrogen-bond acceptors (Lipinski definition) is 9. The zero-order valence-electron chi connectivity index (χ0n) is 23.7. The van der Waals surface area contributed by atoms with Crippen molar-refractivity contribution in [1.82, 2.24) is 0 Å². The quantitative estimate of drug-likeness (QED) is 0.369. The molecule has 3 aliphatic carbocycles. The third-order valence-electron chi connectivity index (χ3n) is 9.10. The Balaban J connectivity index is 1.92. The van der Waals surface area contributed by atoms with Crippen LogP contribution in [0.4, 0.5) is 0 Å². The van der Waals surface area contributed by atoms with Gasteiger partial charge >= 0.3 is 0 Å². The number of phenolic OH excluding ortho intramolecular Hbond substituents is 1. The molecule has 0 aliphatic heterocycles. The molecule has 1 aromatic carbocycles. The summed E-state index contributed by atoms with van der Waals surface area (Å²) in [7, 11) is 0. The molecule has 1 unspecified atom stereocenters. The first-order chi connectivity index (χ1) is 18.4. The molecule has 1 aromatic rings. The normalized spacial score (nSPS) is 29.8. The highest BCUT2D eigenvalue weighted by Crippen LogP contribution is 2.65. The molecular weight excluding hydrogens is 516 g/mol. The Labute approximate surface area is 232 Å². The topological polar surface area (TPSA) is 166 Å². The monoisotopic (exact) mass is 552 g/mol. The maximum atomic E-state index is 14.3. The maximum absolute atomic E-state index is 14.3. The van der Waals surface area contributed by atoms with Crippen molar-refractivity contribution in [3.63, 3.8) is 0 Å². The second kappa shape index (κ2) is 9.51. The lowest BCUT2D eigenvalue weighted by Gasteiger charge is -2.59. The van der Waals surface area contributed by atoms with Crippen molar-refractivity contribution in [1.29, 1.82) is 0 Å². The van der Waals surface area contributed by atoms with Crippen LogP contribution in [0.15, 0.2) is 29.0 Å². The molecule has 0 aromatic heterocycles. The van der Waals surface area contributed by atoms with Crippen LogP contribution in [-0.4, -0.2) is 54.9 Å². The summed E-state index contributed by atoms with van der Waals surface area (Å²) < 4.78 is 0. The van der Waals surface area contributed by atoms with E-state index in [1.807, 2.05) is 0 Å². The number of aromatic hydroxyl groups is 1. The number of phenols is 1. The molecular formula is C31H36O9. The molecule has 0 radical (unpaired) electrons. The fraction of sp³-hybridized carbons (Fsp3) is 0.516. The minimum absolute atomic E-state index is 0.000926. The van der Waals surface area contributed by atoms with Crippen molar-refractivity contribution >= 4 is 34.7 Å². The summed E-state index contributed by atoms with van der Waals surface area (Å²) in [4.78, 5) is 63.9. The van der Waals surface area contributed by atoms with E-state index in [1.54, 1.807) is 39.8 Å². The average Bonchev–Trinajstić information content (AvgIpc) is 2.81. The van der Waals surface area contributed by atoms with Gasteiger partial charge in [0.25, 0.3) is 0 Å². The molecule has 4 rings (SSSR count). The van der Waals surface area contributed by atoms with E-state index < -0.39 is 68.5 Å². The summed E-state index contributed by atoms with van der Waals surface area (Å²) in [6.07, 6.45) is 0.0568. The molecule has 4 atom stereocenters. The van der Waals surface area contributed by atoms with E-state index in [4.69, 9.17) is 0 Å². The Morgan fingerprint density at radius 3 is 2.20 bits per heavy atom. The molecule has 0 saturated heterocycles. The van der Waals surface area contributed by atoms with E-state index in [9.17, 15) is 44.4 Å². The van der Waals surface area contributed by atoms with Crippen LogP contribution in [0.1, 0.15) is 77.5 Å². The van der Waals surface area contributed by atoms with Crippen LogP contribution in [0.25, 0.3) is 5.76 Å². The van der Waals surface area contributed by atoms with Gasteiger partial charge in [0.15, 0.2) is 17.2 Å². The molecule has 0 amide bonds. The Morgan fingerprint density at radius 2 is 1.65 bits per heavy atom. The molecule has 4 N–H and O–H groups in total. The van der Waals surface area contributed by atoms with Crippen LogP contribution >= 0.6 is 0 Å². The molecule has 0 bridgehead atoms. The highest BCUT2D eigenvalue weighted by Gasteiger charge is 2.72. The van der Waals surface area contributed by atoms with Gasteiger partial charge in [-0.2, -0.15) is 0 Å². The number of carbonyl (C=O) groups is 5. The first-order valence-electron chi connectivity index (χ1n) is 13.5. The van der Waals surface area contributed by atoms with Crippen LogP contribution in [0.5, 0.6) is 5.75 Å². The second-order valence-electron chi connectivity index (χ2n) is 12.5. The number of carbonyl (C=O) groups excluding carboxylic acids is 5. The summed E-state index contributed by atoms with van der Waals surface area (Å²) in [6, 6.07) is 3.23. The number of fused-ring (bicyclic) bond motifs is 3. The fourth-order valence-electron chi connectivity index (χ4n) is 7.51. The van der Waals surface area contributed by atoms with Crippen LogP contribution in [-0.2, 0) is 36.8 Å². The van der Waals surface area contributed by atoms with Crippen LogP contribution in [0.2, 0.25) is 0 Å². The number of hydrogen-bond donors (Lipinski definition) is 4. The number of allylic oxidation sites excluding steroid dienone is 1. The van der Waals surface area contributed by atoms with Gasteiger partial charge in [0, 0.05) is 47.1 Å². The minimum Gasteiger partial charge on any atom is -0.508 e. The van der Waals surface area contributed by atoms with E-state index in [0.29, 0.717) is 5.56 Å². The molecule has 40 heavy (non-hydrogen) atoms. The largest absolute Gasteiger partial charge is 0.508 e. The molecule has 0 spiro atoms. The Hall–Kier alpha value is -3.59. The van der Waals surface area contributed by atoms with Crippen molar-refractivity contribution in [2.75, 3.05) is 0 Å². The maximum Gasteiger partial charge on any atom is 0.203 e. The van der Waals surface area contributed by atoms with Crippen LogP contribution in [0.3, 0.4) is 0 Å².